The van der Waals surface area contributed by atoms with Gasteiger partial charge in [0.1, 0.15) is 11.6 Å². The van der Waals surface area contributed by atoms with Crippen LogP contribution in [0.4, 0.5) is 10.1 Å². The summed E-state index contributed by atoms with van der Waals surface area (Å²) in [6.45, 7) is 0. The number of sulfonamides is 1. The number of nitrogens with one attached hydrogen (secondary N) is 3. The fourth-order valence-electron chi connectivity index (χ4n) is 2.67. The van der Waals surface area contributed by atoms with E-state index >= 15 is 0 Å². The highest BCUT2D eigenvalue weighted by atomic mass is 35.5. The topological polar surface area (TPSA) is 114 Å². The number of halogens is 2. The van der Waals surface area contributed by atoms with Crippen molar-refractivity contribution in [3.8, 4) is 5.75 Å². The number of hydrazine groups is 1. The smallest absolute Gasteiger partial charge is 0.272 e. The van der Waals surface area contributed by atoms with Crippen LogP contribution in [0, 0.1) is 5.82 Å². The predicted octanol–water partition coefficient (Wildman–Crippen LogP) is 3.36. The summed E-state index contributed by atoms with van der Waals surface area (Å²) in [4.78, 5) is 24.2. The SMILES string of the molecule is COc1ccc(Cl)cc1NS(=O)(=O)c1cccc(C(=O)NNC(=O)c2ccccc2F)c1. The number of carbonyl (C=O) groups is 2. The highest BCUT2D eigenvalue weighted by molar-refractivity contribution is 7.92. The number of anilines is 1. The minimum Gasteiger partial charge on any atom is -0.495 e. The van der Waals surface area contributed by atoms with Crippen molar-refractivity contribution < 1.29 is 27.1 Å². The Hall–Kier alpha value is -3.63. The van der Waals surface area contributed by atoms with Gasteiger partial charge in [0.05, 0.1) is 23.3 Å². The molecule has 0 aliphatic rings. The van der Waals surface area contributed by atoms with Gasteiger partial charge in [-0.25, -0.2) is 12.8 Å². The summed E-state index contributed by atoms with van der Waals surface area (Å²) in [5.74, 6) is -2.17. The lowest BCUT2D eigenvalue weighted by atomic mass is 10.2. The van der Waals surface area contributed by atoms with Gasteiger partial charge in [0.15, 0.2) is 0 Å². The van der Waals surface area contributed by atoms with Crippen LogP contribution in [0.15, 0.2) is 71.6 Å². The predicted molar refractivity (Wildman–Crippen MR) is 117 cm³/mol. The third-order valence-electron chi connectivity index (χ3n) is 4.22. The molecule has 0 atom stereocenters. The maximum absolute atomic E-state index is 13.7. The minimum atomic E-state index is -4.10. The van der Waals surface area contributed by atoms with Gasteiger partial charge in [-0.2, -0.15) is 0 Å². The summed E-state index contributed by atoms with van der Waals surface area (Å²) in [7, 11) is -2.73. The van der Waals surface area contributed by atoms with E-state index in [1.54, 1.807) is 6.07 Å². The molecule has 11 heteroatoms. The molecule has 0 unspecified atom stereocenters. The molecule has 166 valence electrons. The summed E-state index contributed by atoms with van der Waals surface area (Å²) in [6, 6.07) is 14.8. The molecule has 32 heavy (non-hydrogen) atoms. The molecule has 0 fully saturated rings. The zero-order valence-electron chi connectivity index (χ0n) is 16.6. The van der Waals surface area contributed by atoms with Crippen LogP contribution in [-0.4, -0.2) is 27.3 Å². The second kappa shape index (κ2) is 9.67. The van der Waals surface area contributed by atoms with Crippen LogP contribution >= 0.6 is 11.6 Å². The average molecular weight is 478 g/mol. The van der Waals surface area contributed by atoms with Crippen LogP contribution in [0.25, 0.3) is 0 Å². The first-order valence-electron chi connectivity index (χ1n) is 9.03. The summed E-state index contributed by atoms with van der Waals surface area (Å²) >= 11 is 5.93. The molecule has 8 nitrogen and oxygen atoms in total. The molecule has 2 amide bonds. The average Bonchev–Trinajstić information content (AvgIpc) is 2.77. The first kappa shape index (κ1) is 23.0. The number of ether oxygens (including phenoxy) is 1. The van der Waals surface area contributed by atoms with Gasteiger partial charge in [-0.1, -0.05) is 29.8 Å². The number of benzene rings is 3. The van der Waals surface area contributed by atoms with Gasteiger partial charge in [-0.3, -0.25) is 25.2 Å². The summed E-state index contributed by atoms with van der Waals surface area (Å²) in [5, 5.41) is 0.294. The van der Waals surface area contributed by atoms with Crippen LogP contribution < -0.4 is 20.3 Å². The fraction of sp³-hybridized carbons (Fsp3) is 0.0476. The molecule has 3 rings (SSSR count). The van der Waals surface area contributed by atoms with E-state index in [1.165, 1.54) is 55.6 Å². The Balaban J connectivity index is 1.75. The monoisotopic (exact) mass is 477 g/mol. The first-order chi connectivity index (χ1) is 15.2. The van der Waals surface area contributed by atoms with Crippen molar-refractivity contribution in [2.45, 2.75) is 4.90 Å². The quantitative estimate of drug-likeness (QED) is 0.471. The van der Waals surface area contributed by atoms with Crippen molar-refractivity contribution in [3.63, 3.8) is 0 Å². The van der Waals surface area contributed by atoms with Crippen molar-refractivity contribution in [2.24, 2.45) is 0 Å². The lowest BCUT2D eigenvalue weighted by molar-refractivity contribution is 0.0844. The van der Waals surface area contributed by atoms with E-state index in [9.17, 15) is 22.4 Å². The van der Waals surface area contributed by atoms with E-state index in [0.717, 1.165) is 12.1 Å². The van der Waals surface area contributed by atoms with Crippen LogP contribution in [0.5, 0.6) is 5.75 Å². The molecular weight excluding hydrogens is 461 g/mol. The van der Waals surface area contributed by atoms with Gasteiger partial charge >= 0.3 is 0 Å². The zero-order valence-corrected chi connectivity index (χ0v) is 18.1. The number of methoxy groups -OCH3 is 1. The fourth-order valence-corrected chi connectivity index (χ4v) is 3.95. The summed E-state index contributed by atoms with van der Waals surface area (Å²) in [6.07, 6.45) is 0. The third-order valence-corrected chi connectivity index (χ3v) is 5.82. The Kier molecular flexibility index (Phi) is 6.96. The van der Waals surface area contributed by atoms with Crippen molar-refractivity contribution in [2.75, 3.05) is 11.8 Å². The lowest BCUT2D eigenvalue weighted by Crippen LogP contribution is -2.42. The number of carbonyl (C=O) groups excluding carboxylic acids is 2. The molecule has 0 spiro atoms. The van der Waals surface area contributed by atoms with E-state index in [1.807, 2.05) is 0 Å². The molecule has 3 aromatic rings. The normalized spacial score (nSPS) is 10.8. The van der Waals surface area contributed by atoms with Gasteiger partial charge in [0, 0.05) is 10.6 Å². The molecule has 3 aromatic carbocycles. The highest BCUT2D eigenvalue weighted by Gasteiger charge is 2.19. The van der Waals surface area contributed by atoms with E-state index in [0.29, 0.717) is 5.02 Å². The largest absolute Gasteiger partial charge is 0.495 e. The summed E-state index contributed by atoms with van der Waals surface area (Å²) < 4.78 is 46.7. The van der Waals surface area contributed by atoms with Crippen molar-refractivity contribution in [1.82, 2.24) is 10.9 Å². The van der Waals surface area contributed by atoms with E-state index < -0.39 is 27.7 Å². The van der Waals surface area contributed by atoms with Gasteiger partial charge in [0.2, 0.25) is 0 Å². The third kappa shape index (κ3) is 5.34. The number of amides is 2. The number of rotatable bonds is 6. The molecular formula is C21H17ClFN3O5S. The Morgan fingerprint density at radius 3 is 2.38 bits per heavy atom. The van der Waals surface area contributed by atoms with Crippen molar-refractivity contribution in [3.05, 3.63) is 88.7 Å². The second-order valence-electron chi connectivity index (χ2n) is 6.37. The molecule has 0 aliphatic heterocycles. The van der Waals surface area contributed by atoms with Crippen molar-refractivity contribution in [1.29, 1.82) is 0 Å². The lowest BCUT2D eigenvalue weighted by Gasteiger charge is -2.13. The molecule has 0 bridgehead atoms. The Morgan fingerprint density at radius 1 is 0.938 bits per heavy atom. The summed E-state index contributed by atoms with van der Waals surface area (Å²) in [5.41, 5.74) is 4.00. The number of hydrogen-bond acceptors (Lipinski definition) is 5. The standard InChI is InChI=1S/C21H17ClFN3O5S/c1-31-19-10-9-14(22)12-18(19)26-32(29,30)15-6-4-5-13(11-15)20(27)24-25-21(28)16-7-2-3-8-17(16)23/h2-12,26H,1H3,(H,24,27)(H,25,28). The molecule has 0 radical (unpaired) electrons. The molecule has 0 saturated carbocycles. The molecule has 0 aliphatic carbocycles. The maximum Gasteiger partial charge on any atom is 0.272 e. The molecule has 0 heterocycles. The minimum absolute atomic E-state index is 0.0558. The Morgan fingerprint density at radius 2 is 1.66 bits per heavy atom. The highest BCUT2D eigenvalue weighted by Crippen LogP contribution is 2.29. The molecule has 3 N–H and O–H groups in total. The van der Waals surface area contributed by atoms with Crippen LogP contribution in [-0.2, 0) is 10.0 Å². The van der Waals surface area contributed by atoms with Crippen molar-refractivity contribution >= 4 is 39.1 Å². The Bertz CT molecular complexity index is 1280. The van der Waals surface area contributed by atoms with Gasteiger partial charge in [-0.05, 0) is 48.5 Å². The molecule has 0 aromatic heterocycles. The van der Waals surface area contributed by atoms with E-state index in [-0.39, 0.29) is 27.5 Å². The van der Waals surface area contributed by atoms with Gasteiger partial charge in [0.25, 0.3) is 21.8 Å². The van der Waals surface area contributed by atoms with Crippen LogP contribution in [0.3, 0.4) is 0 Å². The molecule has 0 saturated heterocycles. The van der Waals surface area contributed by atoms with E-state index in [2.05, 4.69) is 15.6 Å². The van der Waals surface area contributed by atoms with Gasteiger partial charge in [-0.15, -0.1) is 0 Å². The second-order valence-corrected chi connectivity index (χ2v) is 8.48. The van der Waals surface area contributed by atoms with E-state index in [4.69, 9.17) is 16.3 Å². The van der Waals surface area contributed by atoms with Crippen LogP contribution in [0.2, 0.25) is 5.02 Å². The Labute approximate surface area is 188 Å². The number of hydrogen-bond donors (Lipinski definition) is 3. The van der Waals surface area contributed by atoms with Crippen LogP contribution in [0.1, 0.15) is 20.7 Å². The maximum atomic E-state index is 13.7. The zero-order chi connectivity index (χ0) is 23.3. The van der Waals surface area contributed by atoms with Gasteiger partial charge < -0.3 is 4.74 Å². The first-order valence-corrected chi connectivity index (χ1v) is 10.9.